The van der Waals surface area contributed by atoms with Crippen molar-refractivity contribution in [1.29, 1.82) is 0 Å². The molecule has 0 unspecified atom stereocenters. The molecular weight excluding hydrogens is 434 g/mol. The van der Waals surface area contributed by atoms with Crippen LogP contribution in [0.5, 0.6) is 11.5 Å². The summed E-state index contributed by atoms with van der Waals surface area (Å²) in [5.41, 5.74) is 0.835. The van der Waals surface area contributed by atoms with E-state index in [-0.39, 0.29) is 12.1 Å². The molecule has 2 rings (SSSR count). The maximum Gasteiger partial charge on any atom is 0.303 e. The van der Waals surface area contributed by atoms with Crippen molar-refractivity contribution < 1.29 is 19.6 Å². The summed E-state index contributed by atoms with van der Waals surface area (Å²) in [5.74, 6) is 0.108. The van der Waals surface area contributed by atoms with E-state index < -0.39 is 10.9 Å². The fourth-order valence-corrected chi connectivity index (χ4v) is 3.30. The van der Waals surface area contributed by atoms with Gasteiger partial charge in [0.15, 0.2) is 5.75 Å². The van der Waals surface area contributed by atoms with Gasteiger partial charge in [-0.25, -0.2) is 0 Å². The molecule has 1 N–H and O–H groups in total. The molecule has 0 aromatic heterocycles. The zero-order valence-corrected chi connectivity index (χ0v) is 14.8. The number of rotatable bonds is 6. The van der Waals surface area contributed by atoms with Crippen LogP contribution in [0.15, 0.2) is 45.3 Å². The first kappa shape index (κ1) is 17.4. The van der Waals surface area contributed by atoms with Gasteiger partial charge in [0.05, 0.1) is 13.9 Å². The van der Waals surface area contributed by atoms with Gasteiger partial charge in [-0.15, -0.1) is 0 Å². The lowest BCUT2D eigenvalue weighted by molar-refractivity contribution is -0.384. The maximum atomic E-state index is 10.6. The molecule has 23 heavy (non-hydrogen) atoms. The summed E-state index contributed by atoms with van der Waals surface area (Å²) in [5, 5.41) is 19.4. The number of carboxylic acids is 1. The van der Waals surface area contributed by atoms with Gasteiger partial charge in [0.2, 0.25) is 0 Å². The normalized spacial score (nSPS) is 10.3. The Morgan fingerprint density at radius 2 is 1.74 bits per heavy atom. The van der Waals surface area contributed by atoms with E-state index in [0.29, 0.717) is 26.9 Å². The number of halogens is 2. The van der Waals surface area contributed by atoms with Crippen LogP contribution in [-0.2, 0) is 11.2 Å². The van der Waals surface area contributed by atoms with Crippen LogP contribution in [0.3, 0.4) is 0 Å². The van der Waals surface area contributed by atoms with Crippen molar-refractivity contribution >= 4 is 43.5 Å². The molecule has 8 heteroatoms. The largest absolute Gasteiger partial charge is 0.481 e. The number of non-ortho nitro benzene ring substituents is 1. The molecule has 0 fully saturated rings. The molecule has 0 heterocycles. The number of ether oxygens (including phenoxy) is 1. The zero-order valence-electron chi connectivity index (χ0n) is 11.7. The van der Waals surface area contributed by atoms with E-state index in [1.165, 1.54) is 24.3 Å². The van der Waals surface area contributed by atoms with Crippen LogP contribution < -0.4 is 4.74 Å². The lowest BCUT2D eigenvalue weighted by Gasteiger charge is -2.11. The summed E-state index contributed by atoms with van der Waals surface area (Å²) in [6, 6.07) is 9.31. The molecule has 0 saturated carbocycles. The molecule has 120 valence electrons. The number of aryl methyl sites for hydroxylation is 1. The number of benzene rings is 2. The minimum atomic E-state index is -0.858. The van der Waals surface area contributed by atoms with Crippen LogP contribution in [0.4, 0.5) is 5.69 Å². The highest BCUT2D eigenvalue weighted by Gasteiger charge is 2.12. The number of nitro groups is 1. The van der Waals surface area contributed by atoms with Crippen LogP contribution in [0.1, 0.15) is 12.0 Å². The predicted molar refractivity (Wildman–Crippen MR) is 91.0 cm³/mol. The number of carboxylic acid groups (broad SMARTS) is 1. The van der Waals surface area contributed by atoms with E-state index in [0.717, 1.165) is 5.56 Å². The number of carbonyl (C=O) groups is 1. The summed E-state index contributed by atoms with van der Waals surface area (Å²) in [4.78, 5) is 20.8. The first-order valence-electron chi connectivity index (χ1n) is 6.49. The minimum Gasteiger partial charge on any atom is -0.481 e. The fraction of sp³-hybridized carbons (Fsp3) is 0.133. The fourth-order valence-electron chi connectivity index (χ4n) is 1.86. The maximum absolute atomic E-state index is 10.6. The Bertz CT molecular complexity index is 723. The van der Waals surface area contributed by atoms with E-state index >= 15 is 0 Å². The van der Waals surface area contributed by atoms with E-state index in [2.05, 4.69) is 31.9 Å². The molecule has 0 amide bonds. The van der Waals surface area contributed by atoms with Gasteiger partial charge >= 0.3 is 5.97 Å². The van der Waals surface area contributed by atoms with Crippen molar-refractivity contribution in [3.8, 4) is 11.5 Å². The highest BCUT2D eigenvalue weighted by Crippen LogP contribution is 2.38. The molecule has 0 aliphatic rings. The lowest BCUT2D eigenvalue weighted by Crippen LogP contribution is -1.98. The Morgan fingerprint density at radius 3 is 2.22 bits per heavy atom. The van der Waals surface area contributed by atoms with Crippen molar-refractivity contribution in [2.45, 2.75) is 12.8 Å². The van der Waals surface area contributed by atoms with Crippen LogP contribution in [0.25, 0.3) is 0 Å². The molecule has 2 aromatic carbocycles. The Morgan fingerprint density at radius 1 is 1.17 bits per heavy atom. The third-order valence-electron chi connectivity index (χ3n) is 2.95. The monoisotopic (exact) mass is 443 g/mol. The van der Waals surface area contributed by atoms with Gasteiger partial charge in [-0.1, -0.05) is 0 Å². The summed E-state index contributed by atoms with van der Waals surface area (Å²) in [6.45, 7) is 0. The summed E-state index contributed by atoms with van der Waals surface area (Å²) < 4.78 is 7.04. The quantitative estimate of drug-likeness (QED) is 0.503. The Hall–Kier alpha value is -1.93. The second-order valence-electron chi connectivity index (χ2n) is 4.64. The van der Waals surface area contributed by atoms with Crippen LogP contribution >= 0.6 is 31.9 Å². The molecule has 0 saturated heterocycles. The van der Waals surface area contributed by atoms with Crippen molar-refractivity contribution in [3.63, 3.8) is 0 Å². The Labute approximate surface area is 148 Å². The van der Waals surface area contributed by atoms with E-state index in [9.17, 15) is 14.9 Å². The average Bonchev–Trinajstić information content (AvgIpc) is 2.49. The molecule has 0 atom stereocenters. The van der Waals surface area contributed by atoms with Gasteiger partial charge in [-0.3, -0.25) is 14.9 Å². The summed E-state index contributed by atoms with van der Waals surface area (Å²) >= 11 is 6.78. The molecule has 2 aromatic rings. The van der Waals surface area contributed by atoms with Gasteiger partial charge in [0.25, 0.3) is 5.69 Å². The minimum absolute atomic E-state index is 0.0144. The third-order valence-corrected chi connectivity index (χ3v) is 4.13. The molecule has 0 radical (unpaired) electrons. The van der Waals surface area contributed by atoms with E-state index in [4.69, 9.17) is 9.84 Å². The highest BCUT2D eigenvalue weighted by molar-refractivity contribution is 9.11. The van der Waals surface area contributed by atoms with Crippen LogP contribution in [0.2, 0.25) is 0 Å². The first-order chi connectivity index (χ1) is 10.9. The van der Waals surface area contributed by atoms with Crippen molar-refractivity contribution in [3.05, 3.63) is 61.0 Å². The molecule has 0 aliphatic carbocycles. The van der Waals surface area contributed by atoms with Gasteiger partial charge in [-0.05, 0) is 68.1 Å². The Balaban J connectivity index is 2.19. The Kier molecular flexibility index (Phi) is 5.73. The molecule has 6 nitrogen and oxygen atoms in total. The number of hydrogen-bond donors (Lipinski definition) is 1. The average molecular weight is 445 g/mol. The molecular formula is C15H11Br2NO5. The van der Waals surface area contributed by atoms with E-state index in [1.54, 1.807) is 12.1 Å². The number of aliphatic carboxylic acids is 1. The number of nitrogens with zero attached hydrogens (tertiary/aromatic N) is 1. The summed E-state index contributed by atoms with van der Waals surface area (Å²) in [6.07, 6.45) is 0.450. The predicted octanol–water partition coefficient (Wildman–Crippen LogP) is 4.93. The number of nitro benzene ring substituents is 1. The lowest BCUT2D eigenvalue weighted by atomic mass is 10.1. The second-order valence-corrected chi connectivity index (χ2v) is 6.34. The van der Waals surface area contributed by atoms with Gasteiger partial charge < -0.3 is 9.84 Å². The highest BCUT2D eigenvalue weighted by atomic mass is 79.9. The summed E-state index contributed by atoms with van der Waals surface area (Å²) in [7, 11) is 0. The van der Waals surface area contributed by atoms with E-state index in [1.807, 2.05) is 0 Å². The van der Waals surface area contributed by atoms with Gasteiger partial charge in [0.1, 0.15) is 5.75 Å². The zero-order chi connectivity index (χ0) is 17.0. The van der Waals surface area contributed by atoms with Gasteiger partial charge in [-0.2, -0.15) is 0 Å². The smallest absolute Gasteiger partial charge is 0.303 e. The SMILES string of the molecule is O=C(O)CCc1cc(Br)c(Oc2ccc([N+](=O)[O-])cc2)c(Br)c1. The van der Waals surface area contributed by atoms with Crippen molar-refractivity contribution in [2.24, 2.45) is 0 Å². The number of hydrogen-bond acceptors (Lipinski definition) is 4. The molecule has 0 aliphatic heterocycles. The topological polar surface area (TPSA) is 89.7 Å². The van der Waals surface area contributed by atoms with Gasteiger partial charge in [0, 0.05) is 18.6 Å². The third kappa shape index (κ3) is 4.77. The first-order valence-corrected chi connectivity index (χ1v) is 8.07. The molecule has 0 spiro atoms. The van der Waals surface area contributed by atoms with Crippen molar-refractivity contribution in [1.82, 2.24) is 0 Å². The molecule has 0 bridgehead atoms. The van der Waals surface area contributed by atoms with Crippen LogP contribution in [0, 0.1) is 10.1 Å². The van der Waals surface area contributed by atoms with Crippen LogP contribution in [-0.4, -0.2) is 16.0 Å². The second kappa shape index (κ2) is 7.56. The van der Waals surface area contributed by atoms with Crippen molar-refractivity contribution in [2.75, 3.05) is 0 Å². The standard InChI is InChI=1S/C15H11Br2NO5/c16-12-7-9(1-6-14(19)20)8-13(17)15(12)23-11-4-2-10(3-5-11)18(21)22/h2-5,7-8H,1,6H2,(H,19,20).